The monoisotopic (exact) mass is 315 g/mol. The number of amides is 1. The second-order valence-corrected chi connectivity index (χ2v) is 5.21. The third-order valence-corrected chi connectivity index (χ3v) is 3.79. The zero-order valence-corrected chi connectivity index (χ0v) is 11.7. The Kier molecular flexibility index (Phi) is 4.35. The molecule has 18 heavy (non-hydrogen) atoms. The van der Waals surface area contributed by atoms with Gasteiger partial charge < -0.3 is 9.64 Å². The molecule has 1 unspecified atom stereocenters. The summed E-state index contributed by atoms with van der Waals surface area (Å²) < 4.78 is 19.4. The van der Waals surface area contributed by atoms with Crippen molar-refractivity contribution in [3.63, 3.8) is 0 Å². The molecule has 0 aliphatic carbocycles. The van der Waals surface area contributed by atoms with E-state index in [0.717, 1.165) is 12.8 Å². The predicted molar refractivity (Wildman–Crippen MR) is 70.0 cm³/mol. The summed E-state index contributed by atoms with van der Waals surface area (Å²) in [7, 11) is 1.64. The highest BCUT2D eigenvalue weighted by Crippen LogP contribution is 2.22. The van der Waals surface area contributed by atoms with Crippen LogP contribution < -0.4 is 0 Å². The molecule has 1 saturated heterocycles. The van der Waals surface area contributed by atoms with E-state index in [2.05, 4.69) is 15.9 Å². The van der Waals surface area contributed by atoms with Crippen molar-refractivity contribution >= 4 is 21.8 Å². The first kappa shape index (κ1) is 13.5. The van der Waals surface area contributed by atoms with Crippen LogP contribution in [0.1, 0.15) is 23.2 Å². The fourth-order valence-electron chi connectivity index (χ4n) is 2.15. The van der Waals surface area contributed by atoms with Crippen molar-refractivity contribution in [2.75, 3.05) is 20.2 Å². The molecule has 0 bridgehead atoms. The van der Waals surface area contributed by atoms with Gasteiger partial charge in [0.25, 0.3) is 5.91 Å². The maximum atomic E-state index is 13.9. The van der Waals surface area contributed by atoms with Crippen LogP contribution >= 0.6 is 15.9 Å². The molecule has 1 aliphatic rings. The van der Waals surface area contributed by atoms with Gasteiger partial charge in [-0.15, -0.1) is 0 Å². The molecule has 5 heteroatoms. The number of hydrogen-bond donors (Lipinski definition) is 0. The van der Waals surface area contributed by atoms with E-state index in [-0.39, 0.29) is 17.6 Å². The van der Waals surface area contributed by atoms with Gasteiger partial charge in [0.05, 0.1) is 16.1 Å². The van der Waals surface area contributed by atoms with Crippen LogP contribution in [0.2, 0.25) is 0 Å². The lowest BCUT2D eigenvalue weighted by Gasteiger charge is -2.32. The number of piperidine rings is 1. The molecule has 1 fully saturated rings. The standard InChI is InChI=1S/C13H15BrFNO2/c1-18-9-4-3-7-16(8-9)13(17)10-5-2-6-11(14)12(10)15/h2,5-6,9H,3-4,7-8H2,1H3. The molecular weight excluding hydrogens is 301 g/mol. The van der Waals surface area contributed by atoms with Gasteiger partial charge in [-0.05, 0) is 40.9 Å². The van der Waals surface area contributed by atoms with E-state index in [1.807, 2.05) is 0 Å². The van der Waals surface area contributed by atoms with E-state index in [1.165, 1.54) is 6.07 Å². The number of hydrogen-bond acceptors (Lipinski definition) is 2. The van der Waals surface area contributed by atoms with Gasteiger partial charge in [0.1, 0.15) is 5.82 Å². The third-order valence-electron chi connectivity index (χ3n) is 3.18. The summed E-state index contributed by atoms with van der Waals surface area (Å²) in [5.41, 5.74) is 0.112. The average molecular weight is 316 g/mol. The van der Waals surface area contributed by atoms with Crippen molar-refractivity contribution in [3.8, 4) is 0 Å². The van der Waals surface area contributed by atoms with Crippen LogP contribution in [0.5, 0.6) is 0 Å². The maximum absolute atomic E-state index is 13.9. The predicted octanol–water partition coefficient (Wildman–Crippen LogP) is 2.84. The molecule has 98 valence electrons. The zero-order chi connectivity index (χ0) is 13.1. The van der Waals surface area contributed by atoms with Crippen molar-refractivity contribution in [2.45, 2.75) is 18.9 Å². The molecule has 0 spiro atoms. The van der Waals surface area contributed by atoms with Crippen molar-refractivity contribution in [1.29, 1.82) is 0 Å². The Morgan fingerprint density at radius 2 is 2.33 bits per heavy atom. The summed E-state index contributed by atoms with van der Waals surface area (Å²) in [5, 5.41) is 0. The molecule has 1 aliphatic heterocycles. The largest absolute Gasteiger partial charge is 0.380 e. The summed E-state index contributed by atoms with van der Waals surface area (Å²) >= 11 is 3.09. The highest BCUT2D eigenvalue weighted by atomic mass is 79.9. The Morgan fingerprint density at radius 3 is 3.06 bits per heavy atom. The molecule has 2 rings (SSSR count). The Labute approximate surface area is 114 Å². The average Bonchev–Trinajstić information content (AvgIpc) is 2.41. The summed E-state index contributed by atoms with van der Waals surface area (Å²) in [6.07, 6.45) is 1.89. The van der Waals surface area contributed by atoms with Crippen LogP contribution in [0, 0.1) is 5.82 Å². The first-order chi connectivity index (χ1) is 8.63. The molecule has 0 saturated carbocycles. The van der Waals surface area contributed by atoms with E-state index in [9.17, 15) is 9.18 Å². The van der Waals surface area contributed by atoms with E-state index in [0.29, 0.717) is 17.6 Å². The van der Waals surface area contributed by atoms with Crippen LogP contribution in [0.25, 0.3) is 0 Å². The van der Waals surface area contributed by atoms with Gasteiger partial charge in [-0.25, -0.2) is 4.39 Å². The number of likely N-dealkylation sites (tertiary alicyclic amines) is 1. The van der Waals surface area contributed by atoms with Gasteiger partial charge in [-0.2, -0.15) is 0 Å². The quantitative estimate of drug-likeness (QED) is 0.840. The highest BCUT2D eigenvalue weighted by molar-refractivity contribution is 9.10. The molecule has 1 atom stereocenters. The van der Waals surface area contributed by atoms with Gasteiger partial charge in [0, 0.05) is 20.2 Å². The van der Waals surface area contributed by atoms with Gasteiger partial charge in [-0.1, -0.05) is 6.07 Å². The lowest BCUT2D eigenvalue weighted by molar-refractivity contribution is 0.0266. The van der Waals surface area contributed by atoms with Gasteiger partial charge >= 0.3 is 0 Å². The van der Waals surface area contributed by atoms with Crippen molar-refractivity contribution < 1.29 is 13.9 Å². The Balaban J connectivity index is 2.18. The molecule has 0 N–H and O–H groups in total. The number of benzene rings is 1. The van der Waals surface area contributed by atoms with Crippen LogP contribution in [0.3, 0.4) is 0 Å². The number of carbonyl (C=O) groups excluding carboxylic acids is 1. The van der Waals surface area contributed by atoms with E-state index < -0.39 is 5.82 Å². The smallest absolute Gasteiger partial charge is 0.256 e. The van der Waals surface area contributed by atoms with Crippen LogP contribution in [-0.4, -0.2) is 37.1 Å². The summed E-state index contributed by atoms with van der Waals surface area (Å²) in [6, 6.07) is 4.76. The minimum Gasteiger partial charge on any atom is -0.380 e. The molecule has 1 aromatic carbocycles. The fraction of sp³-hybridized carbons (Fsp3) is 0.462. The topological polar surface area (TPSA) is 29.5 Å². The van der Waals surface area contributed by atoms with E-state index in [4.69, 9.17) is 4.74 Å². The lowest BCUT2D eigenvalue weighted by Crippen LogP contribution is -2.43. The molecule has 0 radical (unpaired) electrons. The number of methoxy groups -OCH3 is 1. The van der Waals surface area contributed by atoms with Gasteiger partial charge in [0.2, 0.25) is 0 Å². The van der Waals surface area contributed by atoms with E-state index in [1.54, 1.807) is 24.1 Å². The second kappa shape index (κ2) is 5.80. The maximum Gasteiger partial charge on any atom is 0.256 e. The van der Waals surface area contributed by atoms with Crippen LogP contribution in [-0.2, 0) is 4.74 Å². The highest BCUT2D eigenvalue weighted by Gasteiger charge is 2.26. The summed E-state index contributed by atoms with van der Waals surface area (Å²) in [5.74, 6) is -0.766. The second-order valence-electron chi connectivity index (χ2n) is 4.35. The lowest BCUT2D eigenvalue weighted by atomic mass is 10.1. The molecular formula is C13H15BrFNO2. The van der Waals surface area contributed by atoms with E-state index >= 15 is 0 Å². The van der Waals surface area contributed by atoms with Gasteiger partial charge in [-0.3, -0.25) is 4.79 Å². The molecule has 1 amide bonds. The van der Waals surface area contributed by atoms with Crippen LogP contribution in [0.4, 0.5) is 4.39 Å². The Bertz CT molecular complexity index is 453. The van der Waals surface area contributed by atoms with Crippen molar-refractivity contribution in [2.24, 2.45) is 0 Å². The molecule has 3 nitrogen and oxygen atoms in total. The van der Waals surface area contributed by atoms with Gasteiger partial charge in [0.15, 0.2) is 0 Å². The minimum absolute atomic E-state index is 0.0536. The van der Waals surface area contributed by atoms with Crippen LogP contribution in [0.15, 0.2) is 22.7 Å². The minimum atomic E-state index is -0.498. The Morgan fingerprint density at radius 1 is 1.56 bits per heavy atom. The first-order valence-electron chi connectivity index (χ1n) is 5.89. The third kappa shape index (κ3) is 2.72. The first-order valence-corrected chi connectivity index (χ1v) is 6.69. The molecule has 1 aromatic rings. The molecule has 1 heterocycles. The zero-order valence-electron chi connectivity index (χ0n) is 10.2. The number of carbonyl (C=O) groups is 1. The number of rotatable bonds is 2. The van der Waals surface area contributed by atoms with Crippen molar-refractivity contribution in [1.82, 2.24) is 4.90 Å². The number of nitrogens with zero attached hydrogens (tertiary/aromatic N) is 1. The molecule has 0 aromatic heterocycles. The summed E-state index contributed by atoms with van der Waals surface area (Å²) in [4.78, 5) is 13.9. The SMILES string of the molecule is COC1CCCN(C(=O)c2cccc(Br)c2F)C1. The summed E-state index contributed by atoms with van der Waals surface area (Å²) in [6.45, 7) is 1.19. The number of ether oxygens (including phenoxy) is 1. The fourth-order valence-corrected chi connectivity index (χ4v) is 2.52. The van der Waals surface area contributed by atoms with Crippen molar-refractivity contribution in [3.05, 3.63) is 34.1 Å². The normalized spacial score (nSPS) is 19.9. The Hall–Kier alpha value is -0.940. The number of halogens is 2.